The second-order valence-electron chi connectivity index (χ2n) is 10.0. The molecule has 1 amide bonds. The van der Waals surface area contributed by atoms with Crippen molar-refractivity contribution in [1.29, 1.82) is 0 Å². The average molecular weight is 514 g/mol. The third-order valence-corrected chi connectivity index (χ3v) is 6.95. The first-order valence-corrected chi connectivity index (χ1v) is 12.3. The van der Waals surface area contributed by atoms with Gasteiger partial charge < -0.3 is 15.8 Å². The van der Waals surface area contributed by atoms with E-state index >= 15 is 0 Å². The number of pyridine rings is 1. The number of nitrogens with one attached hydrogen (secondary N) is 1. The lowest BCUT2D eigenvalue weighted by Gasteiger charge is -2.45. The number of nitrogens with zero attached hydrogens (tertiary/aromatic N) is 1. The molecule has 0 bridgehead atoms. The van der Waals surface area contributed by atoms with Crippen molar-refractivity contribution < 1.29 is 9.53 Å². The van der Waals surface area contributed by atoms with E-state index in [1.165, 1.54) is 0 Å². The fourth-order valence-corrected chi connectivity index (χ4v) is 4.21. The highest BCUT2D eigenvalue weighted by atomic mass is 35.5. The van der Waals surface area contributed by atoms with Crippen LogP contribution in [0.15, 0.2) is 60.8 Å². The number of rotatable bonds is 7. The highest BCUT2D eigenvalue weighted by molar-refractivity contribution is 6.30. The van der Waals surface area contributed by atoms with Crippen LogP contribution >= 0.6 is 23.2 Å². The Balaban J connectivity index is 2.11. The summed E-state index contributed by atoms with van der Waals surface area (Å²) in [5, 5.41) is 4.39. The van der Waals surface area contributed by atoms with Gasteiger partial charge in [0.15, 0.2) is 0 Å². The summed E-state index contributed by atoms with van der Waals surface area (Å²) in [6.07, 6.45) is 1.57. The molecule has 0 aliphatic carbocycles. The van der Waals surface area contributed by atoms with Crippen LogP contribution in [-0.4, -0.2) is 17.5 Å². The minimum Gasteiger partial charge on any atom is -0.493 e. The lowest BCUT2D eigenvalue weighted by atomic mass is 9.71. The largest absolute Gasteiger partial charge is 0.493 e. The van der Waals surface area contributed by atoms with E-state index in [-0.39, 0.29) is 11.3 Å². The van der Waals surface area contributed by atoms with Gasteiger partial charge in [0.1, 0.15) is 5.75 Å². The van der Waals surface area contributed by atoms with Crippen LogP contribution in [0, 0.1) is 0 Å². The Labute approximate surface area is 218 Å². The molecule has 5 nitrogen and oxygen atoms in total. The second-order valence-corrected chi connectivity index (χ2v) is 10.9. The molecule has 3 N–H and O–H groups in total. The fourth-order valence-electron chi connectivity index (χ4n) is 3.96. The van der Waals surface area contributed by atoms with Crippen molar-refractivity contribution in [2.24, 2.45) is 5.73 Å². The zero-order chi connectivity index (χ0) is 26.0. The van der Waals surface area contributed by atoms with Gasteiger partial charge >= 0.3 is 0 Å². The van der Waals surface area contributed by atoms with E-state index in [9.17, 15) is 4.79 Å². The number of hydrogen-bond donors (Lipinski definition) is 2. The summed E-state index contributed by atoms with van der Waals surface area (Å²) >= 11 is 12.3. The molecular weight excluding hydrogens is 481 g/mol. The first kappa shape index (κ1) is 27.0. The second kappa shape index (κ2) is 10.2. The Hall–Kier alpha value is -2.60. The third-order valence-electron chi connectivity index (χ3n) is 6.45. The third kappa shape index (κ3) is 5.64. The van der Waals surface area contributed by atoms with Gasteiger partial charge in [-0.1, -0.05) is 68.2 Å². The first-order valence-electron chi connectivity index (χ1n) is 11.6. The van der Waals surface area contributed by atoms with Gasteiger partial charge in [-0.25, -0.2) is 0 Å². The topological polar surface area (TPSA) is 77.2 Å². The number of nitrogens with two attached hydrogens (primary N) is 1. The van der Waals surface area contributed by atoms with E-state index in [0.717, 1.165) is 16.8 Å². The summed E-state index contributed by atoms with van der Waals surface area (Å²) in [6.45, 7) is 12.3. The molecule has 0 fully saturated rings. The van der Waals surface area contributed by atoms with Crippen molar-refractivity contribution in [3.05, 3.63) is 93.2 Å². The molecule has 1 heterocycles. The first-order chi connectivity index (χ1) is 16.3. The molecule has 0 aliphatic heterocycles. The number of benzene rings is 2. The molecule has 2 aromatic carbocycles. The number of hydrogen-bond acceptors (Lipinski definition) is 4. The fraction of sp³-hybridized carbons (Fsp3) is 0.357. The SMILES string of the molecule is CCOc1cc(C(C)(C)C)ncc1C(=O)N[C@](C)(c1ccc(Cl)cc1)[C@@](C)(N)c1ccc(Cl)cc1. The molecule has 0 spiro atoms. The number of halogens is 2. The molecule has 0 saturated carbocycles. The minimum atomic E-state index is -1.03. The van der Waals surface area contributed by atoms with E-state index in [1.807, 2.05) is 51.1 Å². The van der Waals surface area contributed by atoms with Crippen molar-refractivity contribution in [2.45, 2.75) is 58.0 Å². The zero-order valence-corrected chi connectivity index (χ0v) is 22.6. The van der Waals surface area contributed by atoms with Crippen molar-refractivity contribution in [1.82, 2.24) is 10.3 Å². The highest BCUT2D eigenvalue weighted by Gasteiger charge is 2.46. The Morgan fingerprint density at radius 2 is 1.46 bits per heavy atom. The summed E-state index contributed by atoms with van der Waals surface area (Å²) < 4.78 is 5.85. The van der Waals surface area contributed by atoms with E-state index in [4.69, 9.17) is 33.7 Å². The van der Waals surface area contributed by atoms with Crippen molar-refractivity contribution >= 4 is 29.1 Å². The number of carbonyl (C=O) groups is 1. The number of carbonyl (C=O) groups excluding carboxylic acids is 1. The van der Waals surface area contributed by atoms with Crippen LogP contribution in [0.3, 0.4) is 0 Å². The molecule has 7 heteroatoms. The van der Waals surface area contributed by atoms with Crippen LogP contribution in [-0.2, 0) is 16.5 Å². The Morgan fingerprint density at radius 3 is 1.94 bits per heavy atom. The molecule has 3 rings (SSSR count). The molecule has 3 aromatic rings. The summed E-state index contributed by atoms with van der Waals surface area (Å²) in [7, 11) is 0. The summed E-state index contributed by atoms with van der Waals surface area (Å²) in [4.78, 5) is 18.3. The van der Waals surface area contributed by atoms with Crippen LogP contribution in [0.5, 0.6) is 5.75 Å². The molecule has 35 heavy (non-hydrogen) atoms. The Bertz CT molecular complexity index is 1190. The minimum absolute atomic E-state index is 0.191. The predicted molar refractivity (Wildman–Crippen MR) is 143 cm³/mol. The standard InChI is InChI=1S/C28H33Cl2N3O2/c1-7-35-23-16-24(26(2,3)4)32-17-22(23)25(34)33-28(6,19-10-14-21(30)15-11-19)27(5,31)18-8-12-20(29)13-9-18/h8-17H,7,31H2,1-6H3,(H,33,34)/t27-,28+/m0/s1. The molecule has 2 atom stereocenters. The lowest BCUT2D eigenvalue weighted by Crippen LogP contribution is -2.61. The predicted octanol–water partition coefficient (Wildman–Crippen LogP) is 6.60. The molecule has 0 aliphatic rings. The van der Waals surface area contributed by atoms with Gasteiger partial charge in [0.2, 0.25) is 0 Å². The Kier molecular flexibility index (Phi) is 7.85. The van der Waals surface area contributed by atoms with E-state index in [1.54, 1.807) is 30.5 Å². The van der Waals surface area contributed by atoms with Gasteiger partial charge in [-0.15, -0.1) is 0 Å². The highest BCUT2D eigenvalue weighted by Crippen LogP contribution is 2.40. The zero-order valence-electron chi connectivity index (χ0n) is 21.1. The number of amides is 1. The monoisotopic (exact) mass is 513 g/mol. The van der Waals surface area contributed by atoms with Crippen molar-refractivity contribution in [3.8, 4) is 5.75 Å². The lowest BCUT2D eigenvalue weighted by molar-refractivity contribution is 0.0840. The number of ether oxygens (including phenoxy) is 1. The molecular formula is C28H33Cl2N3O2. The van der Waals surface area contributed by atoms with Gasteiger partial charge in [-0.3, -0.25) is 9.78 Å². The van der Waals surface area contributed by atoms with Crippen LogP contribution in [0.4, 0.5) is 0 Å². The van der Waals surface area contributed by atoms with E-state index < -0.39 is 11.1 Å². The summed E-state index contributed by atoms with van der Waals surface area (Å²) in [6, 6.07) is 16.4. The number of aromatic nitrogens is 1. The van der Waals surface area contributed by atoms with Gasteiger partial charge in [0.25, 0.3) is 5.91 Å². The van der Waals surface area contributed by atoms with Crippen molar-refractivity contribution in [2.75, 3.05) is 6.61 Å². The molecule has 0 saturated heterocycles. The van der Waals surface area contributed by atoms with Crippen LogP contribution in [0.1, 0.15) is 68.7 Å². The molecule has 1 aromatic heterocycles. The maximum atomic E-state index is 13.8. The maximum absolute atomic E-state index is 13.8. The van der Waals surface area contributed by atoms with E-state index in [2.05, 4.69) is 31.1 Å². The van der Waals surface area contributed by atoms with Crippen LogP contribution in [0.25, 0.3) is 0 Å². The normalized spacial score (nSPS) is 15.1. The maximum Gasteiger partial charge on any atom is 0.257 e. The smallest absolute Gasteiger partial charge is 0.257 e. The van der Waals surface area contributed by atoms with Gasteiger partial charge in [0, 0.05) is 33.4 Å². The molecule has 0 radical (unpaired) electrons. The summed E-state index contributed by atoms with van der Waals surface area (Å²) in [5.74, 6) is 0.137. The van der Waals surface area contributed by atoms with E-state index in [0.29, 0.717) is 28.0 Å². The molecule has 0 unspecified atom stereocenters. The summed E-state index contributed by atoms with van der Waals surface area (Å²) in [5.41, 5.74) is 7.54. The van der Waals surface area contributed by atoms with Crippen molar-refractivity contribution in [3.63, 3.8) is 0 Å². The molecule has 186 valence electrons. The van der Waals surface area contributed by atoms with Gasteiger partial charge in [0.05, 0.1) is 23.2 Å². The quantitative estimate of drug-likeness (QED) is 0.372. The van der Waals surface area contributed by atoms with Crippen LogP contribution < -0.4 is 15.8 Å². The van der Waals surface area contributed by atoms with Crippen LogP contribution in [0.2, 0.25) is 10.0 Å². The Morgan fingerprint density at radius 1 is 0.943 bits per heavy atom. The average Bonchev–Trinajstić information content (AvgIpc) is 2.79. The van der Waals surface area contributed by atoms with Gasteiger partial charge in [-0.2, -0.15) is 0 Å². The van der Waals surface area contributed by atoms with Gasteiger partial charge in [-0.05, 0) is 56.2 Å².